The van der Waals surface area contributed by atoms with Gasteiger partial charge in [0.2, 0.25) is 5.91 Å². The Kier molecular flexibility index (Phi) is 8.92. The Balaban J connectivity index is 1.89. The average molecular weight is 572 g/mol. The monoisotopic (exact) mass is 571 g/mol. The number of pyridine rings is 1. The van der Waals surface area contributed by atoms with Gasteiger partial charge in [-0.1, -0.05) is 52.2 Å². The number of aromatic nitrogens is 1. The third-order valence-corrected chi connectivity index (χ3v) is 7.85. The minimum absolute atomic E-state index is 0.0939. The van der Waals surface area contributed by atoms with Crippen molar-refractivity contribution in [3.05, 3.63) is 59.4 Å². The molecular formula is C30H36F3N5O3. The van der Waals surface area contributed by atoms with Crippen LogP contribution in [0.2, 0.25) is 0 Å². The Morgan fingerprint density at radius 3 is 2.37 bits per heavy atom. The molecule has 4 rings (SSSR count). The van der Waals surface area contributed by atoms with E-state index in [2.05, 4.69) is 10.3 Å². The Bertz CT molecular complexity index is 1280. The van der Waals surface area contributed by atoms with Crippen LogP contribution in [0.25, 0.3) is 0 Å². The molecule has 1 aromatic carbocycles. The number of carbonyl (C=O) groups excluding carboxylic acids is 2. The number of likely N-dealkylation sites (tertiary alicyclic amines) is 1. The van der Waals surface area contributed by atoms with E-state index >= 15 is 0 Å². The summed E-state index contributed by atoms with van der Waals surface area (Å²) in [7, 11) is 0. The molecule has 41 heavy (non-hydrogen) atoms. The molecule has 3 unspecified atom stereocenters. The van der Waals surface area contributed by atoms with Gasteiger partial charge in [-0.2, -0.15) is 18.4 Å². The van der Waals surface area contributed by atoms with Crippen molar-refractivity contribution in [1.82, 2.24) is 15.2 Å². The fraction of sp³-hybridized carbons (Fsp3) is 0.533. The molecule has 1 aliphatic heterocycles. The normalized spacial score (nSPS) is 20.8. The zero-order valence-corrected chi connectivity index (χ0v) is 23.5. The summed E-state index contributed by atoms with van der Waals surface area (Å²) in [4.78, 5) is 34.4. The van der Waals surface area contributed by atoms with Crippen LogP contribution in [-0.4, -0.2) is 51.5 Å². The van der Waals surface area contributed by atoms with Crippen molar-refractivity contribution < 1.29 is 27.9 Å². The number of nitrogens with zero attached hydrogens (tertiary/aromatic N) is 4. The number of benzene rings is 1. The first-order valence-corrected chi connectivity index (χ1v) is 13.9. The van der Waals surface area contributed by atoms with Crippen LogP contribution in [0.15, 0.2) is 42.7 Å². The summed E-state index contributed by atoms with van der Waals surface area (Å²) in [5.74, 6) is -1.52. The Morgan fingerprint density at radius 1 is 1.12 bits per heavy atom. The molecule has 2 aliphatic rings. The van der Waals surface area contributed by atoms with E-state index in [1.807, 2.05) is 27.0 Å². The van der Waals surface area contributed by atoms with Crippen molar-refractivity contribution >= 4 is 17.5 Å². The molecule has 2 fully saturated rings. The molecule has 1 aromatic heterocycles. The second-order valence-electron chi connectivity index (χ2n) is 11.9. The van der Waals surface area contributed by atoms with Gasteiger partial charge in [0, 0.05) is 36.1 Å². The van der Waals surface area contributed by atoms with Crippen molar-refractivity contribution in [2.24, 2.45) is 0 Å². The van der Waals surface area contributed by atoms with E-state index < -0.39 is 47.3 Å². The number of aliphatic hydroxyl groups is 1. The van der Waals surface area contributed by atoms with Crippen molar-refractivity contribution in [2.45, 2.75) is 95.1 Å². The van der Waals surface area contributed by atoms with E-state index in [-0.39, 0.29) is 30.1 Å². The van der Waals surface area contributed by atoms with Crippen LogP contribution in [0.3, 0.4) is 0 Å². The number of amides is 2. The minimum Gasteiger partial charge on any atom is -0.391 e. The van der Waals surface area contributed by atoms with E-state index in [1.165, 1.54) is 0 Å². The molecule has 0 radical (unpaired) electrons. The fourth-order valence-electron chi connectivity index (χ4n) is 5.65. The molecular weight excluding hydrogens is 535 g/mol. The molecule has 1 saturated heterocycles. The van der Waals surface area contributed by atoms with E-state index in [1.54, 1.807) is 24.3 Å². The molecule has 220 valence electrons. The van der Waals surface area contributed by atoms with Crippen LogP contribution >= 0.6 is 0 Å². The van der Waals surface area contributed by atoms with Gasteiger partial charge in [0.15, 0.2) is 6.19 Å². The maximum Gasteiger partial charge on any atom is 0.416 e. The lowest BCUT2D eigenvalue weighted by Crippen LogP contribution is -2.52. The van der Waals surface area contributed by atoms with Crippen molar-refractivity contribution in [2.75, 3.05) is 11.4 Å². The predicted octanol–water partition coefficient (Wildman–Crippen LogP) is 4.84. The molecule has 11 heteroatoms. The highest BCUT2D eigenvalue weighted by atomic mass is 19.4. The van der Waals surface area contributed by atoms with Gasteiger partial charge >= 0.3 is 6.18 Å². The van der Waals surface area contributed by atoms with E-state index in [4.69, 9.17) is 0 Å². The maximum absolute atomic E-state index is 14.3. The third kappa shape index (κ3) is 6.81. The molecule has 3 atom stereocenters. The van der Waals surface area contributed by atoms with Crippen LogP contribution in [0.1, 0.15) is 82.0 Å². The number of alkyl halides is 3. The quantitative estimate of drug-likeness (QED) is 0.481. The highest BCUT2D eigenvalue weighted by Gasteiger charge is 2.46. The van der Waals surface area contributed by atoms with Crippen LogP contribution in [-0.2, 0) is 21.2 Å². The van der Waals surface area contributed by atoms with Crippen molar-refractivity contribution in [1.29, 1.82) is 5.26 Å². The lowest BCUT2D eigenvalue weighted by Gasteiger charge is -2.36. The number of halogens is 3. The molecule has 0 bridgehead atoms. The number of nitrogens with one attached hydrogen (secondary N) is 1. The first kappa shape index (κ1) is 30.3. The second-order valence-corrected chi connectivity index (χ2v) is 11.9. The van der Waals surface area contributed by atoms with Gasteiger partial charge in [-0.3, -0.25) is 24.4 Å². The lowest BCUT2D eigenvalue weighted by atomic mass is 9.87. The van der Waals surface area contributed by atoms with Crippen LogP contribution in [0, 0.1) is 11.5 Å². The van der Waals surface area contributed by atoms with Gasteiger partial charge < -0.3 is 10.4 Å². The second kappa shape index (κ2) is 12.1. The summed E-state index contributed by atoms with van der Waals surface area (Å²) in [5.41, 5.74) is -0.676. The number of nitriles is 1. The predicted molar refractivity (Wildman–Crippen MR) is 146 cm³/mol. The van der Waals surface area contributed by atoms with Crippen LogP contribution in [0.5, 0.6) is 0 Å². The molecule has 2 heterocycles. The average Bonchev–Trinajstić information content (AvgIpc) is 3.31. The number of β-amino-alcohol motifs (C(OH)–C–C–N with tert-alkyl or cyclic N) is 1. The van der Waals surface area contributed by atoms with Crippen LogP contribution in [0.4, 0.5) is 18.9 Å². The number of carbonyl (C=O) groups is 2. The summed E-state index contributed by atoms with van der Waals surface area (Å²) in [6.07, 6.45) is 2.11. The van der Waals surface area contributed by atoms with Gasteiger partial charge in [-0.05, 0) is 42.0 Å². The summed E-state index contributed by atoms with van der Waals surface area (Å²) in [6.45, 7) is 5.91. The van der Waals surface area contributed by atoms with E-state index in [0.717, 1.165) is 53.1 Å². The molecule has 2 N–H and O–H groups in total. The Labute approximate surface area is 238 Å². The summed E-state index contributed by atoms with van der Waals surface area (Å²) < 4.78 is 42.9. The molecule has 8 nitrogen and oxygen atoms in total. The highest BCUT2D eigenvalue weighted by molar-refractivity contribution is 6.04. The number of hydrogen-bond donors (Lipinski definition) is 2. The van der Waals surface area contributed by atoms with Crippen LogP contribution < -0.4 is 10.2 Å². The largest absolute Gasteiger partial charge is 0.416 e. The molecule has 2 amide bonds. The third-order valence-electron chi connectivity index (χ3n) is 7.85. The van der Waals surface area contributed by atoms with Crippen molar-refractivity contribution in [3.8, 4) is 6.19 Å². The first-order valence-electron chi connectivity index (χ1n) is 13.9. The van der Waals surface area contributed by atoms with Gasteiger partial charge in [0.25, 0.3) is 5.91 Å². The fourth-order valence-corrected chi connectivity index (χ4v) is 5.65. The SMILES string of the molecule is CC(C)(C)c1ccc(N(C(=O)C2CC(O)CN2C#N)C(C(=O)NC2CCCCC2)c2cnccc2C(F)(F)F)cc1. The molecule has 1 aliphatic carbocycles. The number of aliphatic hydroxyl groups excluding tert-OH is 1. The van der Waals surface area contributed by atoms with Gasteiger partial charge in [0.1, 0.15) is 12.1 Å². The Morgan fingerprint density at radius 2 is 1.78 bits per heavy atom. The van der Waals surface area contributed by atoms with E-state index in [9.17, 15) is 33.1 Å². The minimum atomic E-state index is -4.82. The first-order chi connectivity index (χ1) is 19.3. The Hall–Kier alpha value is -3.65. The van der Waals surface area contributed by atoms with E-state index in [0.29, 0.717) is 12.8 Å². The van der Waals surface area contributed by atoms with Gasteiger partial charge in [0.05, 0.1) is 18.2 Å². The summed E-state index contributed by atoms with van der Waals surface area (Å²) >= 11 is 0. The summed E-state index contributed by atoms with van der Waals surface area (Å²) in [5, 5.41) is 22.8. The molecule has 1 saturated carbocycles. The molecule has 2 aromatic rings. The summed E-state index contributed by atoms with van der Waals surface area (Å²) in [6, 6.07) is 4.41. The van der Waals surface area contributed by atoms with Gasteiger partial charge in [-0.25, -0.2) is 0 Å². The number of rotatable bonds is 6. The standard InChI is InChI=1S/C30H36F3N5O3/c1-29(2,3)19-9-11-21(12-10-19)38(28(41)25-15-22(39)17-37(25)18-34)26(27(40)36-20-7-5-4-6-8-20)23-16-35-14-13-24(23)30(31,32)33/h9-14,16,20,22,25-26,39H,4-8,15,17H2,1-3H3,(H,36,40). The van der Waals surface area contributed by atoms with Gasteiger partial charge in [-0.15, -0.1) is 0 Å². The topological polar surface area (TPSA) is 110 Å². The number of anilines is 1. The maximum atomic E-state index is 14.3. The lowest BCUT2D eigenvalue weighted by molar-refractivity contribution is -0.139. The van der Waals surface area contributed by atoms with Crippen molar-refractivity contribution in [3.63, 3.8) is 0 Å². The molecule has 0 spiro atoms. The zero-order valence-electron chi connectivity index (χ0n) is 23.5. The zero-order chi connectivity index (χ0) is 29.9. The number of hydrogen-bond acceptors (Lipinski definition) is 6. The highest BCUT2D eigenvalue weighted by Crippen LogP contribution is 2.39. The smallest absolute Gasteiger partial charge is 0.391 e.